The van der Waals surface area contributed by atoms with Crippen molar-refractivity contribution in [3.8, 4) is 0 Å². The number of hydrogen-bond donors (Lipinski definition) is 2. The van der Waals surface area contributed by atoms with Gasteiger partial charge in [0, 0.05) is 41.6 Å². The van der Waals surface area contributed by atoms with Crippen LogP contribution in [0.1, 0.15) is 30.6 Å². The molecule has 1 unspecified atom stereocenters. The van der Waals surface area contributed by atoms with Gasteiger partial charge < -0.3 is 10.6 Å². The van der Waals surface area contributed by atoms with Crippen molar-refractivity contribution in [2.45, 2.75) is 20.3 Å². The van der Waals surface area contributed by atoms with Crippen molar-refractivity contribution in [3.63, 3.8) is 0 Å². The smallest absolute Gasteiger partial charge is 0.255 e. The quantitative estimate of drug-likeness (QED) is 0.756. The molecule has 0 fully saturated rings. The lowest BCUT2D eigenvalue weighted by atomic mass is 10.2. The van der Waals surface area contributed by atoms with Crippen molar-refractivity contribution in [1.82, 2.24) is 10.3 Å². The normalized spacial score (nSPS) is 11.9. The molecule has 0 saturated carbocycles. The largest absolute Gasteiger partial charge is 0.369 e. The number of carbonyl (C=O) groups is 1. The average Bonchev–Trinajstić information content (AvgIpc) is 2.45. The highest BCUT2D eigenvalue weighted by Gasteiger charge is 2.11. The van der Waals surface area contributed by atoms with Gasteiger partial charge in [-0.1, -0.05) is 13.8 Å². The van der Waals surface area contributed by atoms with Crippen molar-refractivity contribution in [2.24, 2.45) is 0 Å². The maximum Gasteiger partial charge on any atom is 0.255 e. The summed E-state index contributed by atoms with van der Waals surface area (Å²) in [6.07, 6.45) is 2.62. The van der Waals surface area contributed by atoms with E-state index in [1.54, 1.807) is 18.3 Å². The summed E-state index contributed by atoms with van der Waals surface area (Å²) in [6.45, 7) is 5.11. The topological polar surface area (TPSA) is 71.1 Å². The van der Waals surface area contributed by atoms with Gasteiger partial charge in [0.2, 0.25) is 0 Å². The summed E-state index contributed by atoms with van der Waals surface area (Å²) in [6, 6.07) is 3.47. The molecular formula is C13H21N3O2S. The van der Waals surface area contributed by atoms with Crippen LogP contribution in [0.15, 0.2) is 18.3 Å². The summed E-state index contributed by atoms with van der Waals surface area (Å²) in [7, 11) is -0.856. The Morgan fingerprint density at radius 2 is 2.16 bits per heavy atom. The van der Waals surface area contributed by atoms with Crippen LogP contribution < -0.4 is 10.6 Å². The SMILES string of the molecule is CCCNc1ncccc1C(=O)NCCS(=O)CC. The Bertz CT molecular complexity index is 438. The van der Waals surface area contributed by atoms with E-state index in [9.17, 15) is 9.00 Å². The van der Waals surface area contributed by atoms with Crippen molar-refractivity contribution < 1.29 is 9.00 Å². The molecule has 0 bridgehead atoms. The van der Waals surface area contributed by atoms with Gasteiger partial charge in [0.25, 0.3) is 5.91 Å². The lowest BCUT2D eigenvalue weighted by Crippen LogP contribution is -2.29. The van der Waals surface area contributed by atoms with Crippen molar-refractivity contribution >= 4 is 22.5 Å². The minimum atomic E-state index is -0.856. The molecule has 2 N–H and O–H groups in total. The number of rotatable bonds is 8. The van der Waals surface area contributed by atoms with E-state index >= 15 is 0 Å². The minimum absolute atomic E-state index is 0.181. The molecular weight excluding hydrogens is 262 g/mol. The molecule has 0 radical (unpaired) electrons. The number of hydrogen-bond acceptors (Lipinski definition) is 4. The van der Waals surface area contributed by atoms with Gasteiger partial charge in [-0.25, -0.2) is 4.98 Å². The predicted octanol–water partition coefficient (Wildman–Crippen LogP) is 1.40. The first-order valence-corrected chi connectivity index (χ1v) is 7.99. The maximum absolute atomic E-state index is 12.0. The molecule has 5 nitrogen and oxygen atoms in total. The average molecular weight is 283 g/mol. The highest BCUT2D eigenvalue weighted by atomic mass is 32.2. The summed E-state index contributed by atoms with van der Waals surface area (Å²) in [5.41, 5.74) is 0.526. The van der Waals surface area contributed by atoms with Crippen LogP contribution in [0, 0.1) is 0 Å². The second-order valence-electron chi connectivity index (χ2n) is 4.01. The number of anilines is 1. The molecule has 1 aromatic rings. The first kappa shape index (κ1) is 15.6. The third-order valence-corrected chi connectivity index (χ3v) is 3.84. The fourth-order valence-electron chi connectivity index (χ4n) is 1.49. The molecule has 0 saturated heterocycles. The van der Waals surface area contributed by atoms with Crippen LogP contribution in [0.4, 0.5) is 5.82 Å². The standard InChI is InChI=1S/C13H21N3O2S/c1-3-7-14-12-11(6-5-8-15-12)13(17)16-9-10-19(18)4-2/h5-6,8H,3-4,7,9-10H2,1-2H3,(H,14,15)(H,16,17). The van der Waals surface area contributed by atoms with Gasteiger partial charge >= 0.3 is 0 Å². The molecule has 6 heteroatoms. The van der Waals surface area contributed by atoms with E-state index in [4.69, 9.17) is 0 Å². The fourth-order valence-corrected chi connectivity index (χ4v) is 2.11. The molecule has 1 amide bonds. The third-order valence-electron chi connectivity index (χ3n) is 2.53. The van der Waals surface area contributed by atoms with Crippen LogP contribution in [0.25, 0.3) is 0 Å². The second-order valence-corrected chi connectivity index (χ2v) is 5.88. The van der Waals surface area contributed by atoms with Gasteiger partial charge in [-0.15, -0.1) is 0 Å². The van der Waals surface area contributed by atoms with E-state index in [-0.39, 0.29) is 5.91 Å². The monoisotopic (exact) mass is 283 g/mol. The molecule has 1 aromatic heterocycles. The molecule has 106 valence electrons. The van der Waals surface area contributed by atoms with Crippen LogP contribution in [0.5, 0.6) is 0 Å². The van der Waals surface area contributed by atoms with Gasteiger partial charge in [-0.3, -0.25) is 9.00 Å². The van der Waals surface area contributed by atoms with Crippen LogP contribution in [-0.2, 0) is 10.8 Å². The van der Waals surface area contributed by atoms with Crippen molar-refractivity contribution in [3.05, 3.63) is 23.9 Å². The molecule has 1 heterocycles. The third kappa shape index (κ3) is 5.38. The Labute approximate surface area is 116 Å². The zero-order chi connectivity index (χ0) is 14.1. The van der Waals surface area contributed by atoms with E-state index in [2.05, 4.69) is 22.5 Å². The summed E-state index contributed by atoms with van der Waals surface area (Å²) < 4.78 is 11.3. The van der Waals surface area contributed by atoms with Gasteiger partial charge in [-0.2, -0.15) is 0 Å². The first-order chi connectivity index (χ1) is 9.19. The Morgan fingerprint density at radius 1 is 1.37 bits per heavy atom. The predicted molar refractivity (Wildman–Crippen MR) is 78.9 cm³/mol. The number of amides is 1. The number of nitrogens with one attached hydrogen (secondary N) is 2. The zero-order valence-electron chi connectivity index (χ0n) is 11.4. The second kappa shape index (κ2) is 8.63. The molecule has 1 atom stereocenters. The van der Waals surface area contributed by atoms with Crippen molar-refractivity contribution in [1.29, 1.82) is 0 Å². The number of aromatic nitrogens is 1. The van der Waals surface area contributed by atoms with Gasteiger partial charge in [0.05, 0.1) is 5.56 Å². The van der Waals surface area contributed by atoms with Gasteiger partial charge in [0.15, 0.2) is 0 Å². The molecule has 19 heavy (non-hydrogen) atoms. The Balaban J connectivity index is 2.58. The van der Waals surface area contributed by atoms with E-state index < -0.39 is 10.8 Å². The summed E-state index contributed by atoms with van der Waals surface area (Å²) >= 11 is 0. The van der Waals surface area contributed by atoms with Crippen LogP contribution >= 0.6 is 0 Å². The van der Waals surface area contributed by atoms with E-state index in [0.717, 1.165) is 13.0 Å². The van der Waals surface area contributed by atoms with Gasteiger partial charge in [-0.05, 0) is 18.6 Å². The number of nitrogens with zero attached hydrogens (tertiary/aromatic N) is 1. The lowest BCUT2D eigenvalue weighted by molar-refractivity contribution is 0.0956. The first-order valence-electron chi connectivity index (χ1n) is 6.51. The van der Waals surface area contributed by atoms with Crippen LogP contribution in [-0.4, -0.2) is 39.7 Å². The summed E-state index contributed by atoms with van der Waals surface area (Å²) in [5.74, 6) is 1.52. The molecule has 0 spiro atoms. The lowest BCUT2D eigenvalue weighted by Gasteiger charge is -2.10. The Kier molecular flexibility index (Phi) is 7.10. The molecule has 0 aliphatic carbocycles. The molecule has 0 aliphatic heterocycles. The molecule has 0 aliphatic rings. The number of pyridine rings is 1. The summed E-state index contributed by atoms with van der Waals surface area (Å²) in [5, 5.41) is 5.89. The zero-order valence-corrected chi connectivity index (χ0v) is 12.3. The van der Waals surface area contributed by atoms with E-state index in [1.165, 1.54) is 0 Å². The van der Waals surface area contributed by atoms with E-state index in [0.29, 0.717) is 29.4 Å². The number of carbonyl (C=O) groups excluding carboxylic acids is 1. The van der Waals surface area contributed by atoms with Crippen LogP contribution in [0.2, 0.25) is 0 Å². The van der Waals surface area contributed by atoms with Gasteiger partial charge in [0.1, 0.15) is 5.82 Å². The minimum Gasteiger partial charge on any atom is -0.369 e. The maximum atomic E-state index is 12.0. The molecule has 0 aromatic carbocycles. The summed E-state index contributed by atoms with van der Waals surface area (Å²) in [4.78, 5) is 16.2. The highest BCUT2D eigenvalue weighted by Crippen LogP contribution is 2.10. The molecule has 1 rings (SSSR count). The van der Waals surface area contributed by atoms with Crippen molar-refractivity contribution in [2.75, 3.05) is 29.9 Å². The Morgan fingerprint density at radius 3 is 2.84 bits per heavy atom. The highest BCUT2D eigenvalue weighted by molar-refractivity contribution is 7.84. The Hall–Kier alpha value is -1.43. The van der Waals surface area contributed by atoms with E-state index in [1.807, 2.05) is 6.92 Å². The fraction of sp³-hybridized carbons (Fsp3) is 0.538. The van der Waals surface area contributed by atoms with Crippen LogP contribution in [0.3, 0.4) is 0 Å².